The molecule has 0 aromatic rings. The van der Waals surface area contributed by atoms with Gasteiger partial charge >= 0.3 is 0 Å². The van der Waals surface area contributed by atoms with Gasteiger partial charge in [0.15, 0.2) is 0 Å². The minimum Gasteiger partial charge on any atom is -0.300 e. The molecule has 0 bridgehead atoms. The van der Waals surface area contributed by atoms with Crippen LogP contribution < -0.4 is 0 Å². The second-order valence-electron chi connectivity index (χ2n) is 2.64. The first-order chi connectivity index (χ1) is 6.78. The van der Waals surface area contributed by atoms with Gasteiger partial charge in [0.05, 0.1) is 0 Å². The molecule has 0 atom stereocenters. The largest absolute Gasteiger partial charge is 0.300 e. The van der Waals surface area contributed by atoms with Crippen LogP contribution in [-0.4, -0.2) is 24.5 Å². The molecule has 1 heteroatoms. The summed E-state index contributed by atoms with van der Waals surface area (Å²) in [4.78, 5) is 2.34. The summed E-state index contributed by atoms with van der Waals surface area (Å²) in [6.45, 7) is 18.9. The Morgan fingerprint density at radius 2 is 1.64 bits per heavy atom. The molecule has 0 unspecified atom stereocenters. The number of hydrogen-bond acceptors (Lipinski definition) is 1. The second kappa shape index (κ2) is 12.2. The molecule has 0 radical (unpaired) electrons. The Kier molecular flexibility index (Phi) is 13.6. The lowest BCUT2D eigenvalue weighted by molar-refractivity contribution is 0.332. The Morgan fingerprint density at radius 3 is 1.93 bits per heavy atom. The SMILES string of the molecule is C=C/C=C(\C=C)CN(CC)CC.CC. The van der Waals surface area contributed by atoms with Gasteiger partial charge in [0, 0.05) is 6.54 Å². The van der Waals surface area contributed by atoms with E-state index in [-0.39, 0.29) is 0 Å². The van der Waals surface area contributed by atoms with Crippen molar-refractivity contribution < 1.29 is 0 Å². The maximum atomic E-state index is 3.76. The average Bonchev–Trinajstić information content (AvgIpc) is 2.27. The Labute approximate surface area is 89.8 Å². The highest BCUT2D eigenvalue weighted by Crippen LogP contribution is 2.00. The summed E-state index contributed by atoms with van der Waals surface area (Å²) < 4.78 is 0. The van der Waals surface area contributed by atoms with Crippen molar-refractivity contribution in [3.05, 3.63) is 37.0 Å². The van der Waals surface area contributed by atoms with Crippen LogP contribution in [0.5, 0.6) is 0 Å². The first-order valence-corrected chi connectivity index (χ1v) is 5.44. The van der Waals surface area contributed by atoms with E-state index in [4.69, 9.17) is 0 Å². The van der Waals surface area contributed by atoms with Crippen LogP contribution in [0.1, 0.15) is 27.7 Å². The molecule has 1 nitrogen and oxygen atoms in total. The fourth-order valence-electron chi connectivity index (χ4n) is 1.04. The third-order valence-electron chi connectivity index (χ3n) is 1.89. The molecule has 0 aliphatic heterocycles. The summed E-state index contributed by atoms with van der Waals surface area (Å²) in [5, 5.41) is 0. The number of allylic oxidation sites excluding steroid dienone is 2. The van der Waals surface area contributed by atoms with Crippen LogP contribution in [0.15, 0.2) is 37.0 Å². The van der Waals surface area contributed by atoms with E-state index < -0.39 is 0 Å². The van der Waals surface area contributed by atoms with Gasteiger partial charge in [-0.05, 0) is 18.7 Å². The lowest BCUT2D eigenvalue weighted by Crippen LogP contribution is -2.24. The average molecular weight is 195 g/mol. The van der Waals surface area contributed by atoms with Crippen molar-refractivity contribution in [2.24, 2.45) is 0 Å². The van der Waals surface area contributed by atoms with Crippen molar-refractivity contribution in [3.63, 3.8) is 0 Å². The maximum absolute atomic E-state index is 3.76. The summed E-state index contributed by atoms with van der Waals surface area (Å²) in [5.41, 5.74) is 1.23. The first-order valence-electron chi connectivity index (χ1n) is 5.44. The van der Waals surface area contributed by atoms with Gasteiger partial charge < -0.3 is 0 Å². The molecule has 0 fully saturated rings. The smallest absolute Gasteiger partial charge is 0.0233 e. The fraction of sp³-hybridized carbons (Fsp3) is 0.538. The molecule has 0 spiro atoms. The minimum atomic E-state index is 0.975. The zero-order valence-corrected chi connectivity index (χ0v) is 10.2. The Bertz CT molecular complexity index is 164. The molecular formula is C13H25N. The molecule has 0 amide bonds. The predicted octanol–water partition coefficient (Wildman–Crippen LogP) is 3.65. The maximum Gasteiger partial charge on any atom is 0.0233 e. The van der Waals surface area contributed by atoms with Gasteiger partial charge in [0.1, 0.15) is 0 Å². The van der Waals surface area contributed by atoms with E-state index in [1.807, 2.05) is 26.0 Å². The highest BCUT2D eigenvalue weighted by Gasteiger charge is 1.99. The summed E-state index contributed by atoms with van der Waals surface area (Å²) in [6, 6.07) is 0. The third-order valence-corrected chi connectivity index (χ3v) is 1.89. The first kappa shape index (κ1) is 15.6. The van der Waals surface area contributed by atoms with E-state index in [9.17, 15) is 0 Å². The summed E-state index contributed by atoms with van der Waals surface area (Å²) in [6.07, 6.45) is 5.70. The lowest BCUT2D eigenvalue weighted by atomic mass is 10.2. The van der Waals surface area contributed by atoms with Crippen molar-refractivity contribution in [1.29, 1.82) is 0 Å². The van der Waals surface area contributed by atoms with Crippen LogP contribution >= 0.6 is 0 Å². The van der Waals surface area contributed by atoms with Gasteiger partial charge in [0.2, 0.25) is 0 Å². The van der Waals surface area contributed by atoms with Crippen molar-refractivity contribution in [2.45, 2.75) is 27.7 Å². The normalized spacial score (nSPS) is 10.5. The van der Waals surface area contributed by atoms with Crippen LogP contribution in [0.4, 0.5) is 0 Å². The Hall–Kier alpha value is -0.820. The van der Waals surface area contributed by atoms with Gasteiger partial charge in [-0.25, -0.2) is 0 Å². The van der Waals surface area contributed by atoms with E-state index in [2.05, 4.69) is 31.9 Å². The van der Waals surface area contributed by atoms with Gasteiger partial charge in [0.25, 0.3) is 0 Å². The zero-order valence-electron chi connectivity index (χ0n) is 10.2. The van der Waals surface area contributed by atoms with Crippen molar-refractivity contribution in [1.82, 2.24) is 4.90 Å². The van der Waals surface area contributed by atoms with Crippen molar-refractivity contribution >= 4 is 0 Å². The number of nitrogens with zero attached hydrogens (tertiary/aromatic N) is 1. The fourth-order valence-corrected chi connectivity index (χ4v) is 1.04. The predicted molar refractivity (Wildman–Crippen MR) is 67.6 cm³/mol. The zero-order chi connectivity index (χ0) is 11.4. The number of hydrogen-bond donors (Lipinski definition) is 0. The van der Waals surface area contributed by atoms with Crippen molar-refractivity contribution in [3.8, 4) is 0 Å². The van der Waals surface area contributed by atoms with E-state index >= 15 is 0 Å². The van der Waals surface area contributed by atoms with Gasteiger partial charge in [-0.15, -0.1) is 0 Å². The summed E-state index contributed by atoms with van der Waals surface area (Å²) in [5.74, 6) is 0. The van der Waals surface area contributed by atoms with Crippen LogP contribution in [0.25, 0.3) is 0 Å². The van der Waals surface area contributed by atoms with Crippen LogP contribution in [0.2, 0.25) is 0 Å². The monoisotopic (exact) mass is 195 g/mol. The van der Waals surface area contributed by atoms with Crippen LogP contribution in [-0.2, 0) is 0 Å². The molecule has 0 saturated carbocycles. The number of rotatable bonds is 6. The minimum absolute atomic E-state index is 0.975. The highest BCUT2D eigenvalue weighted by atomic mass is 15.1. The Balaban J connectivity index is 0. The molecule has 14 heavy (non-hydrogen) atoms. The molecule has 0 N–H and O–H groups in total. The lowest BCUT2D eigenvalue weighted by Gasteiger charge is -2.18. The van der Waals surface area contributed by atoms with Gasteiger partial charge in [-0.3, -0.25) is 4.90 Å². The Morgan fingerprint density at radius 1 is 1.14 bits per heavy atom. The highest BCUT2D eigenvalue weighted by molar-refractivity contribution is 5.22. The molecule has 0 aliphatic carbocycles. The van der Waals surface area contributed by atoms with E-state index in [1.54, 1.807) is 6.08 Å². The molecule has 0 aliphatic rings. The standard InChI is InChI=1S/C11H19N.C2H6/c1-5-9-11(6-2)10-12(7-3)8-4;1-2/h5-6,9H,1-2,7-8,10H2,3-4H3;1-2H3/b11-9+;. The summed E-state index contributed by atoms with van der Waals surface area (Å²) in [7, 11) is 0. The molecule has 0 aromatic heterocycles. The molecule has 0 aromatic carbocycles. The molecule has 0 saturated heterocycles. The summed E-state index contributed by atoms with van der Waals surface area (Å²) >= 11 is 0. The third kappa shape index (κ3) is 7.81. The number of likely N-dealkylation sites (N-methyl/N-ethyl adjacent to an activating group) is 1. The quantitative estimate of drug-likeness (QED) is 0.585. The molecule has 0 rings (SSSR count). The van der Waals surface area contributed by atoms with Gasteiger partial charge in [-0.2, -0.15) is 0 Å². The topological polar surface area (TPSA) is 3.24 Å². The van der Waals surface area contributed by atoms with E-state index in [0.29, 0.717) is 0 Å². The molecule has 82 valence electrons. The second-order valence-corrected chi connectivity index (χ2v) is 2.64. The van der Waals surface area contributed by atoms with Crippen LogP contribution in [0, 0.1) is 0 Å². The molecule has 0 heterocycles. The van der Waals surface area contributed by atoms with E-state index in [1.165, 1.54) is 5.57 Å². The van der Waals surface area contributed by atoms with E-state index in [0.717, 1.165) is 19.6 Å². The van der Waals surface area contributed by atoms with Gasteiger partial charge in [-0.1, -0.05) is 59.1 Å². The molecular weight excluding hydrogens is 170 g/mol. The van der Waals surface area contributed by atoms with Crippen molar-refractivity contribution in [2.75, 3.05) is 19.6 Å². The van der Waals surface area contributed by atoms with Crippen LogP contribution in [0.3, 0.4) is 0 Å².